The molecule has 102 valence electrons. The van der Waals surface area contributed by atoms with Crippen molar-refractivity contribution in [1.29, 1.82) is 0 Å². The number of rotatable bonds is 8. The van der Waals surface area contributed by atoms with E-state index >= 15 is 0 Å². The maximum Gasteiger partial charge on any atom is 0.0615 e. The van der Waals surface area contributed by atoms with Crippen molar-refractivity contribution in [1.82, 2.24) is 4.90 Å². The number of hydrogen-bond donors (Lipinski definition) is 1. The number of likely N-dealkylation sites (N-methyl/N-ethyl adjacent to an activating group) is 1. The number of benzene rings is 1. The van der Waals surface area contributed by atoms with Crippen LogP contribution in [0.1, 0.15) is 13.8 Å². The van der Waals surface area contributed by atoms with Gasteiger partial charge < -0.3 is 10.1 Å². The summed E-state index contributed by atoms with van der Waals surface area (Å²) in [5.41, 5.74) is 1.16. The van der Waals surface area contributed by atoms with Crippen molar-refractivity contribution in [3.05, 3.63) is 28.7 Å². The SMILES string of the molecule is CCN(CCNc1ccc(Br)cc1)C(C)COC. The first-order chi connectivity index (χ1) is 8.67. The molecule has 0 saturated carbocycles. The normalized spacial score (nSPS) is 12.7. The van der Waals surface area contributed by atoms with Gasteiger partial charge in [-0.15, -0.1) is 0 Å². The maximum atomic E-state index is 5.20. The molecule has 0 amide bonds. The molecule has 0 aliphatic rings. The van der Waals surface area contributed by atoms with Gasteiger partial charge in [-0.3, -0.25) is 4.90 Å². The van der Waals surface area contributed by atoms with Crippen LogP contribution in [-0.4, -0.2) is 44.3 Å². The number of nitrogens with one attached hydrogen (secondary N) is 1. The molecule has 0 saturated heterocycles. The van der Waals surface area contributed by atoms with Gasteiger partial charge in [0.25, 0.3) is 0 Å². The Morgan fingerprint density at radius 3 is 2.56 bits per heavy atom. The van der Waals surface area contributed by atoms with Crippen molar-refractivity contribution in [2.24, 2.45) is 0 Å². The minimum absolute atomic E-state index is 0.465. The topological polar surface area (TPSA) is 24.5 Å². The molecule has 4 heteroatoms. The summed E-state index contributed by atoms with van der Waals surface area (Å²) in [5, 5.41) is 3.43. The summed E-state index contributed by atoms with van der Waals surface area (Å²) in [5.74, 6) is 0. The number of nitrogens with zero attached hydrogens (tertiary/aromatic N) is 1. The van der Waals surface area contributed by atoms with E-state index in [2.05, 4.69) is 52.1 Å². The Hall–Kier alpha value is -0.580. The van der Waals surface area contributed by atoms with Crippen LogP contribution in [0.4, 0.5) is 5.69 Å². The van der Waals surface area contributed by atoms with Crippen LogP contribution in [0.3, 0.4) is 0 Å². The zero-order valence-electron chi connectivity index (χ0n) is 11.4. The van der Waals surface area contributed by atoms with Crippen LogP contribution in [0.25, 0.3) is 0 Å². The fourth-order valence-electron chi connectivity index (χ4n) is 1.95. The first kappa shape index (κ1) is 15.5. The Kier molecular flexibility index (Phi) is 7.32. The minimum atomic E-state index is 0.465. The minimum Gasteiger partial charge on any atom is -0.384 e. The van der Waals surface area contributed by atoms with E-state index < -0.39 is 0 Å². The van der Waals surface area contributed by atoms with E-state index in [1.807, 2.05) is 12.1 Å². The van der Waals surface area contributed by atoms with Crippen LogP contribution in [-0.2, 0) is 4.74 Å². The van der Waals surface area contributed by atoms with Crippen LogP contribution in [0.15, 0.2) is 28.7 Å². The number of halogens is 1. The third kappa shape index (κ3) is 5.38. The molecule has 0 bridgehead atoms. The second kappa shape index (κ2) is 8.51. The van der Waals surface area contributed by atoms with Crippen molar-refractivity contribution in [3.8, 4) is 0 Å². The molecular weight excluding hydrogens is 292 g/mol. The predicted octanol–water partition coefficient (Wildman–Crippen LogP) is 3.22. The largest absolute Gasteiger partial charge is 0.384 e. The lowest BCUT2D eigenvalue weighted by molar-refractivity contribution is 0.105. The number of ether oxygens (including phenoxy) is 1. The first-order valence-corrected chi connectivity index (χ1v) is 7.19. The van der Waals surface area contributed by atoms with Crippen molar-refractivity contribution in [2.45, 2.75) is 19.9 Å². The van der Waals surface area contributed by atoms with E-state index in [1.54, 1.807) is 7.11 Å². The Bertz CT molecular complexity index is 329. The fraction of sp³-hybridized carbons (Fsp3) is 0.571. The van der Waals surface area contributed by atoms with Gasteiger partial charge in [-0.05, 0) is 37.7 Å². The number of hydrogen-bond acceptors (Lipinski definition) is 3. The Balaban J connectivity index is 2.32. The second-order valence-electron chi connectivity index (χ2n) is 4.37. The van der Waals surface area contributed by atoms with Gasteiger partial charge >= 0.3 is 0 Å². The van der Waals surface area contributed by atoms with Crippen LogP contribution in [0.5, 0.6) is 0 Å². The molecule has 0 radical (unpaired) electrons. The van der Waals surface area contributed by atoms with E-state index in [-0.39, 0.29) is 0 Å². The van der Waals surface area contributed by atoms with Gasteiger partial charge in [0.05, 0.1) is 6.61 Å². The highest BCUT2D eigenvalue weighted by Gasteiger charge is 2.10. The lowest BCUT2D eigenvalue weighted by atomic mass is 10.3. The molecule has 0 fully saturated rings. The average molecular weight is 315 g/mol. The maximum absolute atomic E-state index is 5.20. The van der Waals surface area contributed by atoms with Gasteiger partial charge in [-0.1, -0.05) is 22.9 Å². The Morgan fingerprint density at radius 1 is 1.33 bits per heavy atom. The average Bonchev–Trinajstić information content (AvgIpc) is 2.37. The van der Waals surface area contributed by atoms with Crippen molar-refractivity contribution < 1.29 is 4.74 Å². The summed E-state index contributed by atoms with van der Waals surface area (Å²) >= 11 is 3.43. The van der Waals surface area contributed by atoms with E-state index in [9.17, 15) is 0 Å². The molecule has 1 atom stereocenters. The second-order valence-corrected chi connectivity index (χ2v) is 5.28. The van der Waals surface area contributed by atoms with Crippen molar-refractivity contribution in [3.63, 3.8) is 0 Å². The van der Waals surface area contributed by atoms with Crippen molar-refractivity contribution >= 4 is 21.6 Å². The van der Waals surface area contributed by atoms with Gasteiger partial charge in [0.15, 0.2) is 0 Å². The smallest absolute Gasteiger partial charge is 0.0615 e. The molecule has 0 aliphatic carbocycles. The third-order valence-electron chi connectivity index (χ3n) is 3.01. The predicted molar refractivity (Wildman–Crippen MR) is 81.2 cm³/mol. The summed E-state index contributed by atoms with van der Waals surface area (Å²) in [6.07, 6.45) is 0. The Morgan fingerprint density at radius 2 is 2.00 bits per heavy atom. The standard InChI is InChI=1S/C14H23BrN2O/c1-4-17(12(2)11-18-3)10-9-16-14-7-5-13(15)6-8-14/h5-8,12,16H,4,9-11H2,1-3H3. The summed E-state index contributed by atoms with van der Waals surface area (Å²) in [6.45, 7) is 8.19. The third-order valence-corrected chi connectivity index (χ3v) is 3.54. The highest BCUT2D eigenvalue weighted by Crippen LogP contribution is 2.13. The molecule has 18 heavy (non-hydrogen) atoms. The van der Waals surface area contributed by atoms with E-state index in [1.165, 1.54) is 0 Å². The summed E-state index contributed by atoms with van der Waals surface area (Å²) in [7, 11) is 1.75. The summed E-state index contributed by atoms with van der Waals surface area (Å²) in [6, 6.07) is 8.73. The molecule has 0 aliphatic heterocycles. The lowest BCUT2D eigenvalue weighted by Gasteiger charge is -2.27. The summed E-state index contributed by atoms with van der Waals surface area (Å²) in [4.78, 5) is 2.41. The quantitative estimate of drug-likeness (QED) is 0.797. The number of anilines is 1. The zero-order chi connectivity index (χ0) is 13.4. The van der Waals surface area contributed by atoms with Gasteiger partial charge in [-0.2, -0.15) is 0 Å². The molecule has 0 heterocycles. The molecule has 1 rings (SSSR count). The molecular formula is C14H23BrN2O. The summed E-state index contributed by atoms with van der Waals surface area (Å²) < 4.78 is 6.31. The zero-order valence-corrected chi connectivity index (χ0v) is 13.0. The molecule has 1 unspecified atom stereocenters. The fourth-order valence-corrected chi connectivity index (χ4v) is 2.21. The molecule has 1 N–H and O–H groups in total. The Labute approximate surface area is 119 Å². The molecule has 3 nitrogen and oxygen atoms in total. The highest BCUT2D eigenvalue weighted by atomic mass is 79.9. The van der Waals surface area contributed by atoms with Gasteiger partial charge in [0.1, 0.15) is 0 Å². The lowest BCUT2D eigenvalue weighted by Crippen LogP contribution is -2.39. The van der Waals surface area contributed by atoms with Crippen LogP contribution < -0.4 is 5.32 Å². The molecule has 1 aromatic rings. The van der Waals surface area contributed by atoms with Crippen LogP contribution in [0.2, 0.25) is 0 Å². The highest BCUT2D eigenvalue weighted by molar-refractivity contribution is 9.10. The van der Waals surface area contributed by atoms with Crippen LogP contribution in [0, 0.1) is 0 Å². The number of methoxy groups -OCH3 is 1. The van der Waals surface area contributed by atoms with Gasteiger partial charge in [0, 0.05) is 36.4 Å². The first-order valence-electron chi connectivity index (χ1n) is 6.39. The monoisotopic (exact) mass is 314 g/mol. The molecule has 0 aromatic heterocycles. The molecule has 1 aromatic carbocycles. The van der Waals surface area contributed by atoms with E-state index in [0.717, 1.165) is 36.4 Å². The van der Waals surface area contributed by atoms with E-state index in [4.69, 9.17) is 4.74 Å². The van der Waals surface area contributed by atoms with E-state index in [0.29, 0.717) is 6.04 Å². The van der Waals surface area contributed by atoms with Crippen molar-refractivity contribution in [2.75, 3.05) is 38.7 Å². The van der Waals surface area contributed by atoms with Gasteiger partial charge in [0.2, 0.25) is 0 Å². The van der Waals surface area contributed by atoms with Gasteiger partial charge in [-0.25, -0.2) is 0 Å². The van der Waals surface area contributed by atoms with Crippen LogP contribution >= 0.6 is 15.9 Å². The molecule has 0 spiro atoms.